The second-order valence-electron chi connectivity index (χ2n) is 3.14. The number of hydrogen-bond donors (Lipinski definition) is 0. The van der Waals surface area contributed by atoms with Crippen molar-refractivity contribution in [3.8, 4) is 0 Å². The van der Waals surface area contributed by atoms with Gasteiger partial charge in [0.1, 0.15) is 5.82 Å². The first-order valence-electron chi connectivity index (χ1n) is 4.40. The molecule has 0 aliphatic rings. The minimum absolute atomic E-state index is 0.479. The molecule has 0 saturated carbocycles. The van der Waals surface area contributed by atoms with Crippen LogP contribution in [-0.2, 0) is 11.2 Å². The number of aliphatic imine (C=N–C) groups is 1. The van der Waals surface area contributed by atoms with Crippen LogP contribution in [0.1, 0.15) is 5.56 Å². The molecule has 1 aromatic heterocycles. The van der Waals surface area contributed by atoms with E-state index in [4.69, 9.17) is 0 Å². The van der Waals surface area contributed by atoms with Crippen LogP contribution < -0.4 is 4.90 Å². The Morgan fingerprint density at radius 3 is 2.79 bits per heavy atom. The lowest BCUT2D eigenvalue weighted by atomic mass is 10.2. The van der Waals surface area contributed by atoms with Crippen molar-refractivity contribution in [2.45, 2.75) is 6.42 Å². The van der Waals surface area contributed by atoms with Gasteiger partial charge in [-0.2, -0.15) is 0 Å². The molecule has 0 unspecified atom stereocenters. The van der Waals surface area contributed by atoms with Gasteiger partial charge in [0.25, 0.3) is 0 Å². The molecule has 74 valence electrons. The summed E-state index contributed by atoms with van der Waals surface area (Å²) in [7, 11) is 3.89. The molecule has 1 rings (SSSR count). The average Bonchev–Trinajstić information content (AvgIpc) is 2.19. The van der Waals surface area contributed by atoms with Crippen LogP contribution in [0.5, 0.6) is 0 Å². The van der Waals surface area contributed by atoms with Gasteiger partial charge in [-0.25, -0.2) is 14.8 Å². The van der Waals surface area contributed by atoms with Gasteiger partial charge in [-0.1, -0.05) is 6.07 Å². The molecule has 4 nitrogen and oxygen atoms in total. The Morgan fingerprint density at radius 1 is 1.50 bits per heavy atom. The van der Waals surface area contributed by atoms with E-state index >= 15 is 0 Å². The molecule has 0 bridgehead atoms. The standard InChI is InChI=1S/C10H13N3O/c1-13(2)10-4-3-9(7-12-10)5-6-11-8-14/h3-4,7H,5-6H2,1-2H3. The number of nitrogens with zero attached hydrogens (tertiary/aromatic N) is 3. The van der Waals surface area contributed by atoms with Gasteiger partial charge >= 0.3 is 0 Å². The smallest absolute Gasteiger partial charge is 0.234 e. The summed E-state index contributed by atoms with van der Waals surface area (Å²) in [5.74, 6) is 0.924. The first-order valence-corrected chi connectivity index (χ1v) is 4.40. The maximum Gasteiger partial charge on any atom is 0.234 e. The third-order valence-electron chi connectivity index (χ3n) is 1.84. The molecule has 14 heavy (non-hydrogen) atoms. The van der Waals surface area contributed by atoms with Crippen LogP contribution in [0.2, 0.25) is 0 Å². The fourth-order valence-electron chi connectivity index (χ4n) is 1.06. The number of isocyanates is 1. The number of aromatic nitrogens is 1. The number of rotatable bonds is 4. The minimum atomic E-state index is 0.479. The Labute approximate surface area is 83.3 Å². The number of carbonyl (C=O) groups excluding carboxylic acids is 1. The quantitative estimate of drug-likeness (QED) is 0.527. The molecule has 1 heterocycles. The lowest BCUT2D eigenvalue weighted by Gasteiger charge is -2.10. The summed E-state index contributed by atoms with van der Waals surface area (Å²) >= 11 is 0. The average molecular weight is 191 g/mol. The maximum atomic E-state index is 9.82. The first-order chi connectivity index (χ1) is 6.74. The fraction of sp³-hybridized carbons (Fsp3) is 0.400. The van der Waals surface area contributed by atoms with E-state index in [1.165, 1.54) is 6.08 Å². The second-order valence-corrected chi connectivity index (χ2v) is 3.14. The van der Waals surface area contributed by atoms with Crippen molar-refractivity contribution in [3.05, 3.63) is 23.9 Å². The molecule has 1 aromatic rings. The summed E-state index contributed by atoms with van der Waals surface area (Å²) < 4.78 is 0. The lowest BCUT2D eigenvalue weighted by molar-refractivity contribution is 0.563. The van der Waals surface area contributed by atoms with Crippen molar-refractivity contribution >= 4 is 11.9 Å². The third kappa shape index (κ3) is 2.99. The predicted molar refractivity (Wildman–Crippen MR) is 55.3 cm³/mol. The van der Waals surface area contributed by atoms with Gasteiger partial charge in [-0.05, 0) is 18.1 Å². The monoisotopic (exact) mass is 191 g/mol. The van der Waals surface area contributed by atoms with Gasteiger partial charge < -0.3 is 4.90 Å². The van der Waals surface area contributed by atoms with Crippen molar-refractivity contribution < 1.29 is 4.79 Å². The molecule has 0 amide bonds. The molecular formula is C10H13N3O. The second kappa shape index (κ2) is 5.14. The van der Waals surface area contributed by atoms with E-state index in [1.807, 2.05) is 31.1 Å². The van der Waals surface area contributed by atoms with Crippen LogP contribution >= 0.6 is 0 Å². The zero-order valence-corrected chi connectivity index (χ0v) is 8.40. The largest absolute Gasteiger partial charge is 0.363 e. The van der Waals surface area contributed by atoms with Gasteiger partial charge in [-0.15, -0.1) is 0 Å². The molecule has 0 aliphatic heterocycles. The van der Waals surface area contributed by atoms with Gasteiger partial charge in [0, 0.05) is 20.3 Å². The number of pyridine rings is 1. The fourth-order valence-corrected chi connectivity index (χ4v) is 1.06. The highest BCUT2D eigenvalue weighted by Gasteiger charge is 1.96. The third-order valence-corrected chi connectivity index (χ3v) is 1.84. The summed E-state index contributed by atoms with van der Waals surface area (Å²) in [6.07, 6.45) is 4.05. The Balaban J connectivity index is 2.59. The van der Waals surface area contributed by atoms with E-state index in [9.17, 15) is 4.79 Å². The SMILES string of the molecule is CN(C)c1ccc(CCN=C=O)cn1. The van der Waals surface area contributed by atoms with E-state index in [1.54, 1.807) is 6.20 Å². The van der Waals surface area contributed by atoms with Crippen molar-refractivity contribution in [2.24, 2.45) is 4.99 Å². The van der Waals surface area contributed by atoms with Crippen LogP contribution in [0.3, 0.4) is 0 Å². The van der Waals surface area contributed by atoms with Crippen LogP contribution in [0.15, 0.2) is 23.3 Å². The normalized spacial score (nSPS) is 9.29. The summed E-state index contributed by atoms with van der Waals surface area (Å²) in [5, 5.41) is 0. The summed E-state index contributed by atoms with van der Waals surface area (Å²) in [4.78, 5) is 19.5. The van der Waals surface area contributed by atoms with Gasteiger partial charge in [0.2, 0.25) is 6.08 Å². The van der Waals surface area contributed by atoms with E-state index in [0.717, 1.165) is 17.8 Å². The van der Waals surface area contributed by atoms with E-state index in [0.29, 0.717) is 6.54 Å². The zero-order valence-electron chi connectivity index (χ0n) is 8.40. The summed E-state index contributed by atoms with van der Waals surface area (Å²) in [5.41, 5.74) is 1.08. The predicted octanol–water partition coefficient (Wildman–Crippen LogP) is 1.03. The van der Waals surface area contributed by atoms with Gasteiger partial charge in [0.15, 0.2) is 0 Å². The van der Waals surface area contributed by atoms with Crippen LogP contribution in [0.4, 0.5) is 5.82 Å². The molecule has 4 heteroatoms. The minimum Gasteiger partial charge on any atom is -0.363 e. The zero-order chi connectivity index (χ0) is 10.4. The highest BCUT2D eigenvalue weighted by Crippen LogP contribution is 2.07. The van der Waals surface area contributed by atoms with Crippen LogP contribution in [0, 0.1) is 0 Å². The Bertz CT molecular complexity index is 326. The maximum absolute atomic E-state index is 9.82. The molecule has 0 atom stereocenters. The molecule has 0 N–H and O–H groups in total. The summed E-state index contributed by atoms with van der Waals surface area (Å²) in [6, 6.07) is 3.93. The molecule has 0 saturated heterocycles. The van der Waals surface area contributed by atoms with Crippen LogP contribution in [-0.4, -0.2) is 31.7 Å². The topological polar surface area (TPSA) is 45.6 Å². The Kier molecular flexibility index (Phi) is 3.83. The van der Waals surface area contributed by atoms with E-state index in [2.05, 4.69) is 9.98 Å². The van der Waals surface area contributed by atoms with E-state index < -0.39 is 0 Å². The van der Waals surface area contributed by atoms with Crippen molar-refractivity contribution in [1.29, 1.82) is 0 Å². The highest BCUT2D eigenvalue weighted by atomic mass is 16.1. The molecule has 0 radical (unpaired) electrons. The first kappa shape index (κ1) is 10.4. The highest BCUT2D eigenvalue weighted by molar-refractivity contribution is 5.37. The van der Waals surface area contributed by atoms with E-state index in [-0.39, 0.29) is 0 Å². The number of hydrogen-bond acceptors (Lipinski definition) is 4. The van der Waals surface area contributed by atoms with Crippen LogP contribution in [0.25, 0.3) is 0 Å². The Morgan fingerprint density at radius 2 is 2.29 bits per heavy atom. The van der Waals surface area contributed by atoms with Crippen molar-refractivity contribution in [3.63, 3.8) is 0 Å². The van der Waals surface area contributed by atoms with Gasteiger partial charge in [0.05, 0.1) is 6.54 Å². The molecule has 0 spiro atoms. The van der Waals surface area contributed by atoms with Crippen molar-refractivity contribution in [2.75, 3.05) is 25.5 Å². The van der Waals surface area contributed by atoms with Crippen molar-refractivity contribution in [1.82, 2.24) is 4.98 Å². The number of anilines is 1. The summed E-state index contributed by atoms with van der Waals surface area (Å²) in [6.45, 7) is 0.479. The molecular weight excluding hydrogens is 178 g/mol. The molecule has 0 aromatic carbocycles. The van der Waals surface area contributed by atoms with Gasteiger partial charge in [-0.3, -0.25) is 0 Å². The lowest BCUT2D eigenvalue weighted by Crippen LogP contribution is -2.10. The molecule has 0 fully saturated rings. The Hall–Kier alpha value is -1.67. The molecule has 0 aliphatic carbocycles.